The molecule has 0 aromatic carbocycles. The molecule has 2 rings (SSSR count). The summed E-state index contributed by atoms with van der Waals surface area (Å²) in [6.07, 6.45) is 0. The van der Waals surface area contributed by atoms with Gasteiger partial charge in [0.15, 0.2) is 0 Å². The molecule has 1 fully saturated rings. The van der Waals surface area contributed by atoms with E-state index in [0.717, 1.165) is 11.8 Å². The van der Waals surface area contributed by atoms with Crippen LogP contribution in [0.5, 0.6) is 0 Å². The molecule has 0 bridgehead atoms. The normalized spacial score (nSPS) is 28.2. The van der Waals surface area contributed by atoms with Crippen LogP contribution in [-0.4, -0.2) is 28.5 Å². The fourth-order valence-electron chi connectivity index (χ4n) is 1.84. The average Bonchev–Trinajstić information content (AvgIpc) is 2.60. The van der Waals surface area contributed by atoms with Crippen molar-refractivity contribution in [1.82, 2.24) is 4.90 Å². The second-order valence-corrected chi connectivity index (χ2v) is 7.32. The van der Waals surface area contributed by atoms with Gasteiger partial charge in [-0.1, -0.05) is 6.92 Å². The van der Waals surface area contributed by atoms with Crippen LogP contribution in [0, 0.1) is 0 Å². The Balaban J connectivity index is 2.02. The highest BCUT2D eigenvalue weighted by molar-refractivity contribution is 9.10. The number of hydrogen-bond donors (Lipinski definition) is 0. The molecule has 1 aromatic rings. The molecule has 0 spiro atoms. The summed E-state index contributed by atoms with van der Waals surface area (Å²) in [5.41, 5.74) is 0. The number of rotatable bonds is 2. The summed E-state index contributed by atoms with van der Waals surface area (Å²) in [4.78, 5) is 4.05. The van der Waals surface area contributed by atoms with Crippen LogP contribution in [0.1, 0.15) is 18.7 Å². The van der Waals surface area contributed by atoms with Gasteiger partial charge in [0.05, 0.1) is 0 Å². The maximum atomic E-state index is 3.61. The predicted molar refractivity (Wildman–Crippen MR) is 73.8 cm³/mol. The minimum Gasteiger partial charge on any atom is -0.294 e. The first-order valence-corrected chi connectivity index (χ1v) is 7.98. The average molecular weight is 306 g/mol. The summed E-state index contributed by atoms with van der Waals surface area (Å²) in [5.74, 6) is 1.27. The number of thioether (sulfide) groups is 1. The van der Waals surface area contributed by atoms with Crippen LogP contribution in [0.3, 0.4) is 0 Å². The zero-order valence-electron chi connectivity index (χ0n) is 9.07. The highest BCUT2D eigenvalue weighted by atomic mass is 79.9. The Bertz CT molecular complexity index is 326. The van der Waals surface area contributed by atoms with Gasteiger partial charge in [-0.2, -0.15) is 11.8 Å². The second kappa shape index (κ2) is 5.21. The van der Waals surface area contributed by atoms with Crippen molar-refractivity contribution in [2.24, 2.45) is 0 Å². The van der Waals surface area contributed by atoms with Gasteiger partial charge >= 0.3 is 0 Å². The minimum absolute atomic E-state index is 0.692. The first-order chi connectivity index (χ1) is 7.18. The highest BCUT2D eigenvalue weighted by Crippen LogP contribution is 2.29. The lowest BCUT2D eigenvalue weighted by Crippen LogP contribution is -2.43. The van der Waals surface area contributed by atoms with Crippen LogP contribution in [0.4, 0.5) is 0 Å². The van der Waals surface area contributed by atoms with Crippen LogP contribution in [0.25, 0.3) is 0 Å². The lowest BCUT2D eigenvalue weighted by atomic mass is 10.2. The molecule has 2 heterocycles. The maximum absolute atomic E-state index is 3.61. The summed E-state index contributed by atoms with van der Waals surface area (Å²) in [5, 5.41) is 2.92. The summed E-state index contributed by atoms with van der Waals surface area (Å²) in [7, 11) is 0. The van der Waals surface area contributed by atoms with E-state index in [4.69, 9.17) is 0 Å². The van der Waals surface area contributed by atoms with Gasteiger partial charge in [-0.05, 0) is 34.3 Å². The molecule has 15 heavy (non-hydrogen) atoms. The molecule has 0 amide bonds. The van der Waals surface area contributed by atoms with Gasteiger partial charge in [-0.25, -0.2) is 0 Å². The van der Waals surface area contributed by atoms with Crippen molar-refractivity contribution in [2.45, 2.75) is 31.7 Å². The highest BCUT2D eigenvalue weighted by Gasteiger charge is 2.25. The Morgan fingerprint density at radius 3 is 3.00 bits per heavy atom. The van der Waals surface area contributed by atoms with E-state index in [-0.39, 0.29) is 0 Å². The Labute approximate surface area is 108 Å². The van der Waals surface area contributed by atoms with Crippen molar-refractivity contribution in [3.8, 4) is 0 Å². The van der Waals surface area contributed by atoms with Gasteiger partial charge in [0.1, 0.15) is 0 Å². The first kappa shape index (κ1) is 12.0. The maximum Gasteiger partial charge on any atom is 0.0342 e. The Morgan fingerprint density at radius 1 is 1.53 bits per heavy atom. The molecule has 1 aromatic heterocycles. The SMILES string of the molecule is CC1SCCN(Cc2sccc2Br)C1C. The van der Waals surface area contributed by atoms with Crippen molar-refractivity contribution in [3.63, 3.8) is 0 Å². The van der Waals surface area contributed by atoms with Crippen molar-refractivity contribution in [1.29, 1.82) is 0 Å². The largest absolute Gasteiger partial charge is 0.294 e. The lowest BCUT2D eigenvalue weighted by molar-refractivity contribution is 0.206. The fraction of sp³-hybridized carbons (Fsp3) is 0.636. The fourth-order valence-corrected chi connectivity index (χ4v) is 4.51. The zero-order valence-corrected chi connectivity index (χ0v) is 12.3. The van der Waals surface area contributed by atoms with Gasteiger partial charge in [0.25, 0.3) is 0 Å². The first-order valence-electron chi connectivity index (χ1n) is 5.26. The zero-order chi connectivity index (χ0) is 10.8. The number of halogens is 1. The van der Waals surface area contributed by atoms with Crippen molar-refractivity contribution in [2.75, 3.05) is 12.3 Å². The number of hydrogen-bond acceptors (Lipinski definition) is 3. The molecule has 1 saturated heterocycles. The summed E-state index contributed by atoms with van der Waals surface area (Å²) >= 11 is 7.55. The molecule has 0 saturated carbocycles. The van der Waals surface area contributed by atoms with Crippen LogP contribution in [0.15, 0.2) is 15.9 Å². The third-order valence-corrected chi connectivity index (χ3v) is 6.30. The van der Waals surface area contributed by atoms with Crippen LogP contribution >= 0.6 is 39.0 Å². The molecule has 0 aliphatic carbocycles. The van der Waals surface area contributed by atoms with E-state index in [2.05, 4.69) is 57.9 Å². The third kappa shape index (κ3) is 2.78. The number of thiophene rings is 1. The van der Waals surface area contributed by atoms with E-state index in [1.807, 2.05) is 11.3 Å². The summed E-state index contributed by atoms with van der Waals surface area (Å²) in [6.45, 7) is 7.01. The van der Waals surface area contributed by atoms with Gasteiger partial charge < -0.3 is 0 Å². The topological polar surface area (TPSA) is 3.24 Å². The molecule has 1 nitrogen and oxygen atoms in total. The van der Waals surface area contributed by atoms with E-state index in [1.165, 1.54) is 21.6 Å². The number of nitrogens with zero attached hydrogens (tertiary/aromatic N) is 1. The van der Waals surface area contributed by atoms with Crippen molar-refractivity contribution < 1.29 is 0 Å². The third-order valence-electron chi connectivity index (χ3n) is 3.05. The molecule has 0 radical (unpaired) electrons. The lowest BCUT2D eigenvalue weighted by Gasteiger charge is -2.37. The van der Waals surface area contributed by atoms with E-state index >= 15 is 0 Å². The van der Waals surface area contributed by atoms with E-state index in [9.17, 15) is 0 Å². The standard InChI is InChI=1S/C11H16BrNS2/c1-8-9(2)14-6-4-13(8)7-11-10(12)3-5-15-11/h3,5,8-9H,4,6-7H2,1-2H3. The molecule has 2 unspecified atom stereocenters. The molecular formula is C11H16BrNS2. The Kier molecular flexibility index (Phi) is 4.16. The van der Waals surface area contributed by atoms with E-state index < -0.39 is 0 Å². The monoisotopic (exact) mass is 305 g/mol. The Hall–Kier alpha value is 0.490. The molecular weight excluding hydrogens is 290 g/mol. The predicted octanol–water partition coefficient (Wildman–Crippen LogP) is 3.84. The molecule has 1 aliphatic rings. The van der Waals surface area contributed by atoms with Crippen LogP contribution < -0.4 is 0 Å². The van der Waals surface area contributed by atoms with Gasteiger partial charge in [0.2, 0.25) is 0 Å². The van der Waals surface area contributed by atoms with Gasteiger partial charge in [0, 0.05) is 39.5 Å². The van der Waals surface area contributed by atoms with Gasteiger partial charge in [-0.3, -0.25) is 4.90 Å². The molecule has 0 N–H and O–H groups in total. The van der Waals surface area contributed by atoms with E-state index in [0.29, 0.717) is 6.04 Å². The van der Waals surface area contributed by atoms with Crippen LogP contribution in [-0.2, 0) is 6.54 Å². The van der Waals surface area contributed by atoms with Crippen molar-refractivity contribution in [3.05, 3.63) is 20.8 Å². The summed E-state index contributed by atoms with van der Waals surface area (Å²) < 4.78 is 1.27. The smallest absolute Gasteiger partial charge is 0.0342 e. The molecule has 2 atom stereocenters. The summed E-state index contributed by atoms with van der Waals surface area (Å²) in [6, 6.07) is 2.84. The quantitative estimate of drug-likeness (QED) is 0.817. The Morgan fingerprint density at radius 2 is 2.33 bits per heavy atom. The van der Waals surface area contributed by atoms with Gasteiger partial charge in [-0.15, -0.1) is 11.3 Å². The minimum atomic E-state index is 0.692. The second-order valence-electron chi connectivity index (χ2n) is 3.98. The van der Waals surface area contributed by atoms with E-state index in [1.54, 1.807) is 0 Å². The molecule has 1 aliphatic heterocycles. The molecule has 4 heteroatoms. The van der Waals surface area contributed by atoms with Crippen LogP contribution in [0.2, 0.25) is 0 Å². The molecule has 84 valence electrons. The van der Waals surface area contributed by atoms with Crippen molar-refractivity contribution >= 4 is 39.0 Å².